The zero-order chi connectivity index (χ0) is 12.1. The summed E-state index contributed by atoms with van der Waals surface area (Å²) >= 11 is 0. The normalized spacial score (nSPS) is 14.8. The predicted molar refractivity (Wildman–Crippen MR) is 43.8 cm³/mol. The molecule has 1 saturated heterocycles. The van der Waals surface area contributed by atoms with Gasteiger partial charge in [0.05, 0.1) is 6.61 Å². The number of hydrogen-bond acceptors (Lipinski definition) is 4. The highest BCUT2D eigenvalue weighted by Gasteiger charge is 2.26. The summed E-state index contributed by atoms with van der Waals surface area (Å²) in [5.74, 6) is -4.30. The molecule has 1 amide bonds. The Hall–Kier alpha value is -1.57. The number of esters is 1. The molecule has 90 valence electrons. The van der Waals surface area contributed by atoms with E-state index in [-0.39, 0.29) is 19.9 Å². The summed E-state index contributed by atoms with van der Waals surface area (Å²) < 4.78 is 44.2. The molecule has 8 heteroatoms. The summed E-state index contributed by atoms with van der Waals surface area (Å²) in [6.07, 6.45) is -2.58. The minimum absolute atomic E-state index is 0.0657. The Morgan fingerprint density at radius 1 is 1.31 bits per heavy atom. The van der Waals surface area contributed by atoms with Crippen molar-refractivity contribution in [3.8, 4) is 0 Å². The fraction of sp³-hybridized carbons (Fsp3) is 0.500. The molecule has 1 aliphatic heterocycles. The third-order valence-corrected chi connectivity index (χ3v) is 1.75. The molecule has 0 unspecified atom stereocenters. The Bertz CT molecular complexity index is 321. The fourth-order valence-electron chi connectivity index (χ4n) is 0.949. The quantitative estimate of drug-likeness (QED) is 0.517. The van der Waals surface area contributed by atoms with Gasteiger partial charge in [-0.1, -0.05) is 0 Å². The van der Waals surface area contributed by atoms with Crippen molar-refractivity contribution in [2.45, 2.75) is 0 Å². The summed E-state index contributed by atoms with van der Waals surface area (Å²) in [4.78, 5) is 23.2. The Labute approximate surface area is 88.4 Å². The highest BCUT2D eigenvalue weighted by Crippen LogP contribution is 2.09. The van der Waals surface area contributed by atoms with Crippen LogP contribution in [0.3, 0.4) is 0 Å². The van der Waals surface area contributed by atoms with E-state index in [4.69, 9.17) is 4.74 Å². The number of ether oxygens (including phenoxy) is 2. The van der Waals surface area contributed by atoms with Crippen molar-refractivity contribution in [2.75, 3.05) is 26.5 Å². The van der Waals surface area contributed by atoms with E-state index in [2.05, 4.69) is 4.74 Å². The molecule has 0 bridgehead atoms. The lowest BCUT2D eigenvalue weighted by molar-refractivity contribution is -0.160. The lowest BCUT2D eigenvalue weighted by atomic mass is 10.5. The molecule has 1 aliphatic rings. The van der Waals surface area contributed by atoms with E-state index >= 15 is 0 Å². The van der Waals surface area contributed by atoms with E-state index in [0.717, 1.165) is 4.90 Å². The summed E-state index contributed by atoms with van der Waals surface area (Å²) in [6, 6.07) is 0. The van der Waals surface area contributed by atoms with Gasteiger partial charge in [-0.2, -0.15) is 8.78 Å². The average Bonchev–Trinajstić information content (AvgIpc) is 2.77. The van der Waals surface area contributed by atoms with Crippen LogP contribution in [0, 0.1) is 0 Å². The molecule has 0 aromatic rings. The van der Waals surface area contributed by atoms with Gasteiger partial charge in [-0.15, -0.1) is 0 Å². The van der Waals surface area contributed by atoms with Crippen LogP contribution in [0.25, 0.3) is 0 Å². The highest BCUT2D eigenvalue weighted by atomic mass is 19.3. The smallest absolute Gasteiger partial charge is 0.397 e. The van der Waals surface area contributed by atoms with Crippen LogP contribution in [-0.4, -0.2) is 43.3 Å². The van der Waals surface area contributed by atoms with E-state index < -0.39 is 30.4 Å². The average molecular weight is 239 g/mol. The number of hydrogen-bond donors (Lipinski definition) is 0. The van der Waals surface area contributed by atoms with Crippen LogP contribution in [0.4, 0.5) is 13.2 Å². The summed E-state index contributed by atoms with van der Waals surface area (Å²) in [5.41, 5.74) is 0. The fourth-order valence-corrected chi connectivity index (χ4v) is 0.949. The lowest BCUT2D eigenvalue weighted by Gasteiger charge is -2.11. The molecule has 0 saturated carbocycles. The van der Waals surface area contributed by atoms with Gasteiger partial charge in [0.25, 0.3) is 0 Å². The molecule has 0 aliphatic carbocycles. The maximum atomic E-state index is 12.2. The number of carbonyl (C=O) groups is 2. The van der Waals surface area contributed by atoms with Crippen LogP contribution in [0.2, 0.25) is 0 Å². The van der Waals surface area contributed by atoms with E-state index in [1.807, 2.05) is 0 Å². The molecule has 0 aromatic carbocycles. The summed E-state index contributed by atoms with van der Waals surface area (Å²) in [5, 5.41) is 0. The SMILES string of the molecule is O=C(OCC(F)=C(F)F)C(=O)N1CCOC1. The zero-order valence-electron chi connectivity index (χ0n) is 8.04. The highest BCUT2D eigenvalue weighted by molar-refractivity contribution is 6.32. The van der Waals surface area contributed by atoms with Gasteiger partial charge in [0.15, 0.2) is 0 Å². The van der Waals surface area contributed by atoms with Gasteiger partial charge in [0.2, 0.25) is 5.83 Å². The van der Waals surface area contributed by atoms with Crippen LogP contribution >= 0.6 is 0 Å². The van der Waals surface area contributed by atoms with E-state index in [0.29, 0.717) is 0 Å². The van der Waals surface area contributed by atoms with Crippen LogP contribution < -0.4 is 0 Å². The summed E-state index contributed by atoms with van der Waals surface area (Å²) in [7, 11) is 0. The first-order valence-corrected chi connectivity index (χ1v) is 4.25. The molecule has 1 fully saturated rings. The summed E-state index contributed by atoms with van der Waals surface area (Å²) in [6.45, 7) is -0.818. The molecule has 1 heterocycles. The number of nitrogens with zero attached hydrogens (tertiary/aromatic N) is 1. The minimum atomic E-state index is -2.58. The Morgan fingerprint density at radius 2 is 2.00 bits per heavy atom. The third kappa shape index (κ3) is 3.23. The first kappa shape index (κ1) is 12.5. The van der Waals surface area contributed by atoms with Gasteiger partial charge in [0, 0.05) is 6.54 Å². The molecule has 16 heavy (non-hydrogen) atoms. The Kier molecular flexibility index (Phi) is 4.29. The lowest BCUT2D eigenvalue weighted by Crippen LogP contribution is -2.35. The molecule has 5 nitrogen and oxygen atoms in total. The second-order valence-corrected chi connectivity index (χ2v) is 2.85. The first-order chi connectivity index (χ1) is 7.52. The molecular formula is C8H8F3NO4. The molecule has 1 rings (SSSR count). The van der Waals surface area contributed by atoms with Crippen LogP contribution in [0.15, 0.2) is 11.9 Å². The van der Waals surface area contributed by atoms with E-state index in [1.165, 1.54) is 0 Å². The molecular weight excluding hydrogens is 231 g/mol. The topological polar surface area (TPSA) is 55.8 Å². The van der Waals surface area contributed by atoms with Gasteiger partial charge in [-0.05, 0) is 0 Å². The maximum Gasteiger partial charge on any atom is 0.397 e. The minimum Gasteiger partial charge on any atom is -0.451 e. The number of rotatable bonds is 2. The van der Waals surface area contributed by atoms with Crippen molar-refractivity contribution in [1.29, 1.82) is 0 Å². The van der Waals surface area contributed by atoms with Crippen molar-refractivity contribution in [3.05, 3.63) is 11.9 Å². The molecule has 0 N–H and O–H groups in total. The van der Waals surface area contributed by atoms with Crippen molar-refractivity contribution < 1.29 is 32.2 Å². The van der Waals surface area contributed by atoms with Gasteiger partial charge < -0.3 is 14.4 Å². The predicted octanol–water partition coefficient (Wildman–Crippen LogP) is 0.424. The van der Waals surface area contributed by atoms with Crippen LogP contribution in [0.1, 0.15) is 0 Å². The largest absolute Gasteiger partial charge is 0.451 e. The van der Waals surface area contributed by atoms with Gasteiger partial charge in [-0.25, -0.2) is 9.18 Å². The van der Waals surface area contributed by atoms with Crippen LogP contribution in [-0.2, 0) is 19.1 Å². The van der Waals surface area contributed by atoms with Crippen molar-refractivity contribution in [1.82, 2.24) is 4.90 Å². The molecule has 0 spiro atoms. The Morgan fingerprint density at radius 3 is 2.50 bits per heavy atom. The maximum absolute atomic E-state index is 12.2. The molecule has 0 radical (unpaired) electrons. The number of halogens is 3. The molecule has 0 atom stereocenters. The van der Waals surface area contributed by atoms with E-state index in [1.54, 1.807) is 0 Å². The molecule has 0 aromatic heterocycles. The first-order valence-electron chi connectivity index (χ1n) is 4.25. The van der Waals surface area contributed by atoms with Gasteiger partial charge in [0.1, 0.15) is 13.3 Å². The second-order valence-electron chi connectivity index (χ2n) is 2.85. The van der Waals surface area contributed by atoms with Crippen molar-refractivity contribution >= 4 is 11.9 Å². The monoisotopic (exact) mass is 239 g/mol. The van der Waals surface area contributed by atoms with Crippen molar-refractivity contribution in [2.24, 2.45) is 0 Å². The van der Waals surface area contributed by atoms with Crippen LogP contribution in [0.5, 0.6) is 0 Å². The Balaban J connectivity index is 2.40. The third-order valence-electron chi connectivity index (χ3n) is 1.75. The second kappa shape index (κ2) is 5.50. The zero-order valence-corrected chi connectivity index (χ0v) is 8.04. The van der Waals surface area contributed by atoms with Gasteiger partial charge >= 0.3 is 18.0 Å². The number of amides is 1. The van der Waals surface area contributed by atoms with E-state index in [9.17, 15) is 22.8 Å². The standard InChI is InChI=1S/C8H8F3NO4/c9-5(6(10)11)3-16-8(14)7(13)12-1-2-15-4-12/h1-4H2. The number of carbonyl (C=O) groups excluding carboxylic acids is 2. The van der Waals surface area contributed by atoms with Gasteiger partial charge in [-0.3, -0.25) is 4.79 Å². The van der Waals surface area contributed by atoms with Crippen molar-refractivity contribution in [3.63, 3.8) is 0 Å².